The van der Waals surface area contributed by atoms with E-state index < -0.39 is 43.1 Å². The van der Waals surface area contributed by atoms with Crippen molar-refractivity contribution in [2.45, 2.75) is 51.0 Å². The first-order chi connectivity index (χ1) is 16.8. The summed E-state index contributed by atoms with van der Waals surface area (Å²) in [5.74, 6) is 0.668. The number of aliphatic hydroxyl groups excluding tert-OH is 3. The van der Waals surface area contributed by atoms with Crippen LogP contribution in [0.1, 0.15) is 24.5 Å². The van der Waals surface area contributed by atoms with E-state index in [1.54, 1.807) is 4.57 Å². The van der Waals surface area contributed by atoms with E-state index in [9.17, 15) is 20.1 Å². The molecule has 1 amide bonds. The highest BCUT2D eigenvalue weighted by Gasteiger charge is 2.46. The van der Waals surface area contributed by atoms with Crippen molar-refractivity contribution in [2.75, 3.05) is 6.61 Å². The highest BCUT2D eigenvalue weighted by atomic mass is 32.1. The quantitative estimate of drug-likeness (QED) is 0.358. The topological polar surface area (TPSA) is 131 Å². The third-order valence-electron chi connectivity index (χ3n) is 5.78. The van der Waals surface area contributed by atoms with Crippen molar-refractivity contribution in [1.82, 2.24) is 19.7 Å². The number of carbonyl (C=O) groups excluding carboxylic acids is 1. The minimum absolute atomic E-state index is 0.0702. The van der Waals surface area contributed by atoms with E-state index in [-0.39, 0.29) is 11.4 Å². The van der Waals surface area contributed by atoms with Crippen molar-refractivity contribution in [1.29, 1.82) is 0 Å². The first-order valence-electron chi connectivity index (χ1n) is 11.1. The fourth-order valence-corrected chi connectivity index (χ4v) is 4.36. The molecular formula is C24H28N4O6S. The molecule has 1 aromatic heterocycles. The summed E-state index contributed by atoms with van der Waals surface area (Å²) in [5.41, 5.74) is 1.84. The number of nitrogens with zero attached hydrogens (tertiary/aromatic N) is 3. The molecule has 0 spiro atoms. The smallest absolute Gasteiger partial charge is 0.217 e. The number of aromatic nitrogens is 3. The van der Waals surface area contributed by atoms with Crippen LogP contribution in [-0.2, 0) is 16.1 Å². The lowest BCUT2D eigenvalue weighted by molar-refractivity contribution is -0.219. The van der Waals surface area contributed by atoms with Crippen LogP contribution in [0.15, 0.2) is 54.6 Å². The zero-order valence-corrected chi connectivity index (χ0v) is 20.1. The molecule has 0 radical (unpaired) electrons. The third-order valence-corrected chi connectivity index (χ3v) is 6.15. The Bertz CT molecular complexity index is 1210. The number of nitrogens with one attached hydrogen (secondary N) is 1. The summed E-state index contributed by atoms with van der Waals surface area (Å²) in [7, 11) is 0. The molecule has 35 heavy (non-hydrogen) atoms. The number of benzene rings is 2. The van der Waals surface area contributed by atoms with Crippen LogP contribution in [-0.4, -0.2) is 66.5 Å². The molecule has 2 heterocycles. The van der Waals surface area contributed by atoms with Crippen molar-refractivity contribution in [3.8, 4) is 11.4 Å². The number of rotatable bonds is 7. The number of ether oxygens (including phenoxy) is 2. The first kappa shape index (κ1) is 25.0. The second-order valence-corrected chi connectivity index (χ2v) is 8.74. The predicted octanol–water partition coefficient (Wildman–Crippen LogP) is 1.41. The first-order valence-corrected chi connectivity index (χ1v) is 11.6. The van der Waals surface area contributed by atoms with Crippen molar-refractivity contribution < 1.29 is 29.6 Å². The van der Waals surface area contributed by atoms with E-state index in [2.05, 4.69) is 10.4 Å². The molecule has 2 aromatic carbocycles. The molecule has 0 aliphatic carbocycles. The Hall–Kier alpha value is -3.09. The zero-order valence-electron chi connectivity index (χ0n) is 19.3. The van der Waals surface area contributed by atoms with Crippen LogP contribution < -0.4 is 10.1 Å². The number of aliphatic hydroxyl groups is 3. The monoisotopic (exact) mass is 500 g/mol. The molecule has 4 rings (SSSR count). The van der Waals surface area contributed by atoms with Crippen LogP contribution in [0.5, 0.6) is 5.75 Å². The molecule has 186 valence electrons. The molecule has 1 fully saturated rings. The van der Waals surface area contributed by atoms with Crippen LogP contribution in [0.3, 0.4) is 0 Å². The highest BCUT2D eigenvalue weighted by molar-refractivity contribution is 7.71. The summed E-state index contributed by atoms with van der Waals surface area (Å²) >= 11 is 5.74. The number of hydrogen-bond acceptors (Lipinski definition) is 8. The maximum Gasteiger partial charge on any atom is 0.217 e. The van der Waals surface area contributed by atoms with E-state index in [1.807, 2.05) is 61.5 Å². The minimum Gasteiger partial charge on any atom is -0.486 e. The maximum absolute atomic E-state index is 11.9. The van der Waals surface area contributed by atoms with E-state index in [0.717, 1.165) is 11.3 Å². The lowest BCUT2D eigenvalue weighted by atomic mass is 9.96. The summed E-state index contributed by atoms with van der Waals surface area (Å²) in [4.78, 5) is 11.9. The Morgan fingerprint density at radius 3 is 2.46 bits per heavy atom. The van der Waals surface area contributed by atoms with Gasteiger partial charge in [-0.1, -0.05) is 35.9 Å². The van der Waals surface area contributed by atoms with Crippen molar-refractivity contribution in [3.05, 3.63) is 70.8 Å². The van der Waals surface area contributed by atoms with Crippen LogP contribution in [0.25, 0.3) is 5.69 Å². The van der Waals surface area contributed by atoms with Crippen molar-refractivity contribution >= 4 is 18.1 Å². The van der Waals surface area contributed by atoms with E-state index in [1.165, 1.54) is 11.6 Å². The second kappa shape index (κ2) is 10.7. The Kier molecular flexibility index (Phi) is 7.63. The van der Waals surface area contributed by atoms with Gasteiger partial charge in [0.25, 0.3) is 0 Å². The van der Waals surface area contributed by atoms with E-state index in [4.69, 9.17) is 21.7 Å². The van der Waals surface area contributed by atoms with Gasteiger partial charge in [0, 0.05) is 12.6 Å². The number of carbonyl (C=O) groups is 1. The minimum atomic E-state index is -1.43. The summed E-state index contributed by atoms with van der Waals surface area (Å²) in [6, 6.07) is 15.8. The lowest BCUT2D eigenvalue weighted by Gasteiger charge is -2.42. The van der Waals surface area contributed by atoms with Gasteiger partial charge >= 0.3 is 0 Å². The summed E-state index contributed by atoms with van der Waals surface area (Å²) in [6.07, 6.45) is -5.03. The van der Waals surface area contributed by atoms with Crippen molar-refractivity contribution in [3.63, 3.8) is 0 Å². The molecule has 11 heteroatoms. The van der Waals surface area contributed by atoms with Gasteiger partial charge in [-0.15, -0.1) is 0 Å². The van der Waals surface area contributed by atoms with Gasteiger partial charge in [0.15, 0.2) is 12.1 Å². The Morgan fingerprint density at radius 1 is 1.14 bits per heavy atom. The molecule has 1 saturated heterocycles. The summed E-state index contributed by atoms with van der Waals surface area (Å²) < 4.78 is 15.1. The molecule has 0 saturated carbocycles. The fourth-order valence-electron chi connectivity index (χ4n) is 4.00. The normalized spacial score (nSPS) is 24.2. The average molecular weight is 501 g/mol. The molecule has 5 atom stereocenters. The summed E-state index contributed by atoms with van der Waals surface area (Å²) in [6.45, 7) is 2.80. The van der Waals surface area contributed by atoms with Gasteiger partial charge in [-0.3, -0.25) is 9.36 Å². The zero-order chi connectivity index (χ0) is 25.1. The fraction of sp³-hybridized carbons (Fsp3) is 0.375. The van der Waals surface area contributed by atoms with Crippen LogP contribution in [0.2, 0.25) is 0 Å². The van der Waals surface area contributed by atoms with Gasteiger partial charge < -0.3 is 30.1 Å². The van der Waals surface area contributed by atoms with Crippen LogP contribution in [0.4, 0.5) is 0 Å². The number of aryl methyl sites for hydroxylation is 1. The van der Waals surface area contributed by atoms with Crippen molar-refractivity contribution in [2.24, 2.45) is 0 Å². The molecular weight excluding hydrogens is 472 g/mol. The molecule has 4 N–H and O–H groups in total. The molecule has 3 aromatic rings. The Balaban J connectivity index is 1.76. The third kappa shape index (κ3) is 5.29. The van der Waals surface area contributed by atoms with Gasteiger partial charge in [-0.2, -0.15) is 5.10 Å². The molecule has 0 bridgehead atoms. The number of amides is 1. The van der Waals surface area contributed by atoms with E-state index in [0.29, 0.717) is 11.6 Å². The molecule has 1 aliphatic rings. The molecule has 10 nitrogen and oxygen atoms in total. The predicted molar refractivity (Wildman–Crippen MR) is 129 cm³/mol. The number of para-hydroxylation sites is 1. The van der Waals surface area contributed by atoms with Gasteiger partial charge in [-0.05, 0) is 43.4 Å². The van der Waals surface area contributed by atoms with Gasteiger partial charge in [0.2, 0.25) is 10.7 Å². The Labute approximate surface area is 207 Å². The SMILES string of the molecule is CC(=O)N[C@@H]1[C@@H](O)[C@H](O)[C@@H](CO)O[C@H]1n1nc(COc2ccc(C)cc2)n(-c2ccccc2)c1=S. The van der Waals surface area contributed by atoms with Crippen LogP contribution >= 0.6 is 12.2 Å². The molecule has 0 unspecified atom stereocenters. The standard InChI is InChI=1S/C24H28N4O6S/c1-14-8-10-17(11-9-14)33-13-19-26-28(24(35)27(19)16-6-4-3-5-7-16)23-20(25-15(2)30)22(32)21(31)18(12-29)34-23/h3-11,18,20-23,29,31-32H,12-13H2,1-2H3,(H,25,30)/t18-,20-,21-,22-,23-/m1/s1. The Morgan fingerprint density at radius 2 is 1.83 bits per heavy atom. The van der Waals surface area contributed by atoms with E-state index >= 15 is 0 Å². The average Bonchev–Trinajstić information content (AvgIpc) is 3.18. The lowest BCUT2D eigenvalue weighted by Crippen LogP contribution is -2.62. The largest absolute Gasteiger partial charge is 0.486 e. The summed E-state index contributed by atoms with van der Waals surface area (Å²) in [5, 5.41) is 38.0. The number of hydrogen-bond donors (Lipinski definition) is 4. The molecule has 1 aliphatic heterocycles. The maximum atomic E-state index is 11.9. The highest BCUT2D eigenvalue weighted by Crippen LogP contribution is 2.29. The van der Waals surface area contributed by atoms with Gasteiger partial charge in [-0.25, -0.2) is 4.68 Å². The van der Waals surface area contributed by atoms with Gasteiger partial charge in [0.05, 0.1) is 6.61 Å². The second-order valence-electron chi connectivity index (χ2n) is 8.37. The van der Waals surface area contributed by atoms with Crippen LogP contribution in [0, 0.1) is 11.7 Å². The van der Waals surface area contributed by atoms with Gasteiger partial charge in [0.1, 0.15) is 36.7 Å².